The summed E-state index contributed by atoms with van der Waals surface area (Å²) < 4.78 is 0. The second-order valence-electron chi connectivity index (χ2n) is 3.69. The average Bonchev–Trinajstić information content (AvgIpc) is 2.29. The Bertz CT molecular complexity index is 472. The van der Waals surface area contributed by atoms with E-state index < -0.39 is 0 Å². The van der Waals surface area contributed by atoms with E-state index in [2.05, 4.69) is 15.0 Å². The minimum Gasteiger partial charge on any atom is -0.390 e. The van der Waals surface area contributed by atoms with Crippen LogP contribution >= 0.6 is 11.6 Å². The minimum absolute atomic E-state index is 0.107. The lowest BCUT2D eigenvalue weighted by Gasteiger charge is -2.07. The smallest absolute Gasteiger partial charge is 0.248 e. The minimum atomic E-state index is -0.107. The van der Waals surface area contributed by atoms with Crippen LogP contribution < -0.4 is 11.5 Å². The van der Waals surface area contributed by atoms with E-state index in [1.165, 1.54) is 0 Å². The van der Waals surface area contributed by atoms with Gasteiger partial charge in [0.1, 0.15) is 0 Å². The van der Waals surface area contributed by atoms with Gasteiger partial charge in [-0.15, -0.1) is 0 Å². The summed E-state index contributed by atoms with van der Waals surface area (Å²) in [6.07, 6.45) is 1.14. The van der Waals surface area contributed by atoms with Gasteiger partial charge in [-0.25, -0.2) is 9.98 Å². The van der Waals surface area contributed by atoms with Gasteiger partial charge in [0.15, 0.2) is 0 Å². The number of rotatable bonds is 2. The molecule has 0 aliphatic rings. The molecule has 1 aromatic carbocycles. The molecule has 0 saturated carbocycles. The Morgan fingerprint density at radius 1 is 1.33 bits per heavy atom. The number of aliphatic imine (C=N–C) groups is 3. The van der Waals surface area contributed by atoms with Crippen LogP contribution in [0.25, 0.3) is 0 Å². The summed E-state index contributed by atoms with van der Waals surface area (Å²) in [5, 5.41) is 0.686. The highest BCUT2D eigenvalue weighted by Crippen LogP contribution is 2.19. The molecular weight excluding hydrogens is 250 g/mol. The molecule has 6 heteroatoms. The third-order valence-electron chi connectivity index (χ3n) is 2.13. The largest absolute Gasteiger partial charge is 0.390 e. The maximum atomic E-state index is 5.83. The number of guanidine groups is 1. The van der Waals surface area contributed by atoms with Crippen molar-refractivity contribution in [1.82, 2.24) is 0 Å². The number of hydrogen-bond acceptors (Lipinski definition) is 1. The SMILES string of the molecule is C/C(N)=N/C(=NC(C)c1ccc(Cl)cc1)/N=C/N. The van der Waals surface area contributed by atoms with E-state index in [1.54, 1.807) is 6.92 Å². The summed E-state index contributed by atoms with van der Waals surface area (Å²) >= 11 is 5.83. The van der Waals surface area contributed by atoms with Gasteiger partial charge in [0.05, 0.1) is 18.2 Å². The van der Waals surface area contributed by atoms with Crippen molar-refractivity contribution in [2.24, 2.45) is 26.4 Å². The van der Waals surface area contributed by atoms with Crippen molar-refractivity contribution < 1.29 is 0 Å². The summed E-state index contributed by atoms with van der Waals surface area (Å²) in [6.45, 7) is 3.59. The predicted molar refractivity (Wildman–Crippen MR) is 77.3 cm³/mol. The fraction of sp³-hybridized carbons (Fsp3) is 0.250. The van der Waals surface area contributed by atoms with Crippen LogP contribution in [0.3, 0.4) is 0 Å². The Morgan fingerprint density at radius 2 is 1.94 bits per heavy atom. The first-order valence-electron chi connectivity index (χ1n) is 5.41. The highest BCUT2D eigenvalue weighted by atomic mass is 35.5. The van der Waals surface area contributed by atoms with Crippen LogP contribution in [-0.4, -0.2) is 18.1 Å². The van der Waals surface area contributed by atoms with E-state index in [0.29, 0.717) is 10.9 Å². The fourth-order valence-electron chi connectivity index (χ4n) is 1.30. The Kier molecular flexibility index (Phi) is 5.32. The quantitative estimate of drug-likeness (QED) is 0.634. The maximum Gasteiger partial charge on any atom is 0.248 e. The molecule has 0 saturated heterocycles. The van der Waals surface area contributed by atoms with Gasteiger partial charge in [-0.1, -0.05) is 23.7 Å². The number of benzene rings is 1. The molecule has 0 amide bonds. The van der Waals surface area contributed by atoms with Gasteiger partial charge in [-0.05, 0) is 31.5 Å². The van der Waals surface area contributed by atoms with E-state index >= 15 is 0 Å². The van der Waals surface area contributed by atoms with Crippen molar-refractivity contribution in [3.63, 3.8) is 0 Å². The Morgan fingerprint density at radius 3 is 2.44 bits per heavy atom. The Balaban J connectivity index is 2.97. The van der Waals surface area contributed by atoms with Crippen molar-refractivity contribution in [1.29, 1.82) is 0 Å². The average molecular weight is 266 g/mol. The third-order valence-corrected chi connectivity index (χ3v) is 2.38. The van der Waals surface area contributed by atoms with Gasteiger partial charge in [-0.3, -0.25) is 0 Å². The summed E-state index contributed by atoms with van der Waals surface area (Å²) in [4.78, 5) is 12.2. The molecule has 1 rings (SSSR count). The van der Waals surface area contributed by atoms with Crippen molar-refractivity contribution in [3.05, 3.63) is 34.9 Å². The molecule has 0 heterocycles. The molecule has 0 fully saturated rings. The molecule has 1 aromatic rings. The van der Waals surface area contributed by atoms with Gasteiger partial charge in [0, 0.05) is 5.02 Å². The van der Waals surface area contributed by atoms with Crippen molar-refractivity contribution in [3.8, 4) is 0 Å². The van der Waals surface area contributed by atoms with Crippen LogP contribution in [0.1, 0.15) is 25.5 Å². The molecule has 96 valence electrons. The van der Waals surface area contributed by atoms with Gasteiger partial charge in [-0.2, -0.15) is 4.99 Å². The van der Waals surface area contributed by atoms with Crippen LogP contribution in [0.5, 0.6) is 0 Å². The second kappa shape index (κ2) is 6.76. The van der Waals surface area contributed by atoms with Crippen LogP contribution in [0.15, 0.2) is 39.2 Å². The molecule has 18 heavy (non-hydrogen) atoms. The van der Waals surface area contributed by atoms with E-state index in [9.17, 15) is 0 Å². The van der Waals surface area contributed by atoms with E-state index in [-0.39, 0.29) is 12.0 Å². The maximum absolute atomic E-state index is 5.83. The van der Waals surface area contributed by atoms with Crippen LogP contribution in [-0.2, 0) is 0 Å². The van der Waals surface area contributed by atoms with Crippen LogP contribution in [0.2, 0.25) is 5.02 Å². The zero-order valence-corrected chi connectivity index (χ0v) is 11.1. The Hall–Kier alpha value is -1.88. The van der Waals surface area contributed by atoms with Gasteiger partial charge >= 0.3 is 0 Å². The number of hydrogen-bond donors (Lipinski definition) is 2. The zero-order chi connectivity index (χ0) is 13.5. The van der Waals surface area contributed by atoms with E-state index in [0.717, 1.165) is 11.9 Å². The number of nitrogens with two attached hydrogens (primary N) is 2. The van der Waals surface area contributed by atoms with Gasteiger partial charge in [0.2, 0.25) is 5.96 Å². The van der Waals surface area contributed by atoms with Crippen LogP contribution in [0.4, 0.5) is 0 Å². The van der Waals surface area contributed by atoms with Crippen LogP contribution in [0, 0.1) is 0 Å². The molecule has 1 unspecified atom stereocenters. The molecule has 1 atom stereocenters. The third kappa shape index (κ3) is 4.55. The fourth-order valence-corrected chi connectivity index (χ4v) is 1.43. The summed E-state index contributed by atoms with van der Waals surface area (Å²) in [6, 6.07) is 7.32. The normalized spacial score (nSPS) is 15.1. The second-order valence-corrected chi connectivity index (χ2v) is 4.12. The topological polar surface area (TPSA) is 89.1 Å². The molecule has 0 aliphatic carbocycles. The monoisotopic (exact) mass is 265 g/mol. The number of amidine groups is 1. The van der Waals surface area contributed by atoms with Gasteiger partial charge in [0.25, 0.3) is 0 Å². The molecular formula is C12H16ClN5. The highest BCUT2D eigenvalue weighted by Gasteiger charge is 2.05. The van der Waals surface area contributed by atoms with Crippen molar-refractivity contribution in [2.75, 3.05) is 0 Å². The molecule has 0 bridgehead atoms. The first-order chi connectivity index (χ1) is 8.52. The highest BCUT2D eigenvalue weighted by molar-refractivity contribution is 6.30. The molecule has 0 spiro atoms. The molecule has 5 nitrogen and oxygen atoms in total. The lowest BCUT2D eigenvalue weighted by molar-refractivity contribution is 0.816. The Labute approximate surface area is 111 Å². The standard InChI is InChI=1S/C12H16ClN5/c1-8(10-3-5-11(13)6-4-10)17-12(16-7-14)18-9(2)15/h3-8H,1-2H3,(H4,14,15,16,17,18). The summed E-state index contributed by atoms with van der Waals surface area (Å²) in [5.74, 6) is 0.627. The van der Waals surface area contributed by atoms with Gasteiger partial charge < -0.3 is 11.5 Å². The lowest BCUT2D eigenvalue weighted by atomic mass is 10.1. The van der Waals surface area contributed by atoms with Crippen molar-refractivity contribution in [2.45, 2.75) is 19.9 Å². The first-order valence-corrected chi connectivity index (χ1v) is 5.79. The zero-order valence-electron chi connectivity index (χ0n) is 10.3. The summed E-state index contributed by atoms with van der Waals surface area (Å²) in [7, 11) is 0. The van der Waals surface area contributed by atoms with E-state index in [1.807, 2.05) is 31.2 Å². The number of nitrogens with zero attached hydrogens (tertiary/aromatic N) is 3. The molecule has 4 N–H and O–H groups in total. The number of halogens is 1. The van der Waals surface area contributed by atoms with Crippen molar-refractivity contribution >= 4 is 29.7 Å². The molecule has 0 radical (unpaired) electrons. The molecule has 0 aromatic heterocycles. The lowest BCUT2D eigenvalue weighted by Crippen LogP contribution is -2.09. The molecule has 0 aliphatic heterocycles. The van der Waals surface area contributed by atoms with E-state index in [4.69, 9.17) is 23.1 Å². The first kappa shape index (κ1) is 14.2. The summed E-state index contributed by atoms with van der Waals surface area (Å²) in [5.41, 5.74) is 11.7. The predicted octanol–water partition coefficient (Wildman–Crippen LogP) is 2.12.